The van der Waals surface area contributed by atoms with Gasteiger partial charge in [-0.05, 0) is 74.9 Å². The van der Waals surface area contributed by atoms with E-state index >= 15 is 0 Å². The zero-order chi connectivity index (χ0) is 20.4. The van der Waals surface area contributed by atoms with Crippen LogP contribution in [0.1, 0.15) is 42.7 Å². The van der Waals surface area contributed by atoms with Crippen molar-refractivity contribution < 1.29 is 4.79 Å². The van der Waals surface area contributed by atoms with E-state index in [0.717, 1.165) is 73.7 Å². The predicted octanol–water partition coefficient (Wildman–Crippen LogP) is 4.76. The van der Waals surface area contributed by atoms with E-state index in [1.54, 1.807) is 0 Å². The van der Waals surface area contributed by atoms with Gasteiger partial charge in [-0.3, -0.25) is 9.78 Å². The molecule has 2 aliphatic rings. The molecule has 1 aliphatic heterocycles. The Bertz CT molecular complexity index is 851. The number of aryl methyl sites for hydroxylation is 1. The van der Waals surface area contributed by atoms with Crippen LogP contribution in [0.2, 0.25) is 5.02 Å². The number of hydrogen-bond acceptors (Lipinski definition) is 3. The van der Waals surface area contributed by atoms with Crippen molar-refractivity contribution in [1.29, 1.82) is 0 Å². The highest BCUT2D eigenvalue weighted by molar-refractivity contribution is 6.33. The van der Waals surface area contributed by atoms with Gasteiger partial charge in [0.1, 0.15) is 0 Å². The molecule has 29 heavy (non-hydrogen) atoms. The Kier molecular flexibility index (Phi) is 6.21. The standard InChI is InChI=1S/C24H30ClN3O/c1-17-3-10-23(26-16-17)21-15-20(8-9-22(21)25)18-4-6-19(7-5-18)24(29)28-13-11-27(2)12-14-28/h3,8-10,15-16,18-19H,4-7,11-14H2,1-2H3. The van der Waals surface area contributed by atoms with Gasteiger partial charge in [0.2, 0.25) is 5.91 Å². The third-order valence-electron chi connectivity index (χ3n) is 6.54. The lowest BCUT2D eigenvalue weighted by Crippen LogP contribution is -2.49. The van der Waals surface area contributed by atoms with Gasteiger partial charge in [-0.15, -0.1) is 0 Å². The normalized spacial score (nSPS) is 23.2. The minimum Gasteiger partial charge on any atom is -0.340 e. The van der Waals surface area contributed by atoms with Crippen molar-refractivity contribution in [3.8, 4) is 11.3 Å². The number of nitrogens with zero attached hydrogens (tertiary/aromatic N) is 3. The first-order valence-electron chi connectivity index (χ1n) is 10.7. The third kappa shape index (κ3) is 4.65. The highest BCUT2D eigenvalue weighted by Crippen LogP contribution is 2.39. The Labute approximate surface area is 178 Å². The fraction of sp³-hybridized carbons (Fsp3) is 0.500. The number of pyridine rings is 1. The zero-order valence-electron chi connectivity index (χ0n) is 17.4. The number of rotatable bonds is 3. The second-order valence-corrected chi connectivity index (χ2v) is 9.04. The number of halogens is 1. The summed E-state index contributed by atoms with van der Waals surface area (Å²) in [4.78, 5) is 21.8. The van der Waals surface area contributed by atoms with Crippen LogP contribution in [0.3, 0.4) is 0 Å². The molecule has 4 rings (SSSR count). The van der Waals surface area contributed by atoms with Crippen molar-refractivity contribution >= 4 is 17.5 Å². The van der Waals surface area contributed by atoms with E-state index in [1.165, 1.54) is 5.56 Å². The number of carbonyl (C=O) groups is 1. The van der Waals surface area contributed by atoms with E-state index in [0.29, 0.717) is 11.8 Å². The van der Waals surface area contributed by atoms with Crippen molar-refractivity contribution in [2.45, 2.75) is 38.5 Å². The Hall–Kier alpha value is -1.91. The molecular weight excluding hydrogens is 382 g/mol. The molecule has 0 unspecified atom stereocenters. The first-order chi connectivity index (χ1) is 14.0. The minimum absolute atomic E-state index is 0.195. The van der Waals surface area contributed by atoms with E-state index < -0.39 is 0 Å². The van der Waals surface area contributed by atoms with Crippen LogP contribution in [0.25, 0.3) is 11.3 Å². The van der Waals surface area contributed by atoms with Crippen molar-refractivity contribution in [1.82, 2.24) is 14.8 Å². The van der Waals surface area contributed by atoms with Gasteiger partial charge in [0, 0.05) is 48.9 Å². The topological polar surface area (TPSA) is 36.4 Å². The van der Waals surface area contributed by atoms with Crippen LogP contribution in [-0.2, 0) is 4.79 Å². The number of likely N-dealkylation sites (N-methyl/N-ethyl adjacent to an activating group) is 1. The molecule has 0 atom stereocenters. The van der Waals surface area contributed by atoms with Crippen molar-refractivity contribution in [3.63, 3.8) is 0 Å². The second kappa shape index (κ2) is 8.85. The van der Waals surface area contributed by atoms with E-state index in [-0.39, 0.29) is 5.92 Å². The van der Waals surface area contributed by atoms with Crippen LogP contribution < -0.4 is 0 Å². The van der Waals surface area contributed by atoms with Gasteiger partial charge in [-0.1, -0.05) is 23.7 Å². The molecule has 1 saturated carbocycles. The first kappa shape index (κ1) is 20.4. The maximum Gasteiger partial charge on any atom is 0.225 e. The number of aromatic nitrogens is 1. The lowest BCUT2D eigenvalue weighted by molar-refractivity contribution is -0.138. The molecule has 1 aromatic carbocycles. The number of piperazine rings is 1. The molecule has 0 bridgehead atoms. The largest absolute Gasteiger partial charge is 0.340 e. The molecule has 1 saturated heterocycles. The summed E-state index contributed by atoms with van der Waals surface area (Å²) >= 11 is 6.48. The third-order valence-corrected chi connectivity index (χ3v) is 6.87. The smallest absolute Gasteiger partial charge is 0.225 e. The Morgan fingerprint density at radius 2 is 1.76 bits per heavy atom. The van der Waals surface area contributed by atoms with Crippen LogP contribution in [0, 0.1) is 12.8 Å². The molecule has 154 valence electrons. The minimum atomic E-state index is 0.195. The highest BCUT2D eigenvalue weighted by atomic mass is 35.5. The molecule has 5 heteroatoms. The summed E-state index contributed by atoms with van der Waals surface area (Å²) in [5, 5.41) is 0.740. The summed E-state index contributed by atoms with van der Waals surface area (Å²) in [6, 6.07) is 10.4. The quantitative estimate of drug-likeness (QED) is 0.730. The van der Waals surface area contributed by atoms with E-state index in [2.05, 4.69) is 40.0 Å². The van der Waals surface area contributed by atoms with Gasteiger partial charge >= 0.3 is 0 Å². The Balaban J connectivity index is 1.41. The maximum atomic E-state index is 12.9. The Morgan fingerprint density at radius 3 is 2.41 bits per heavy atom. The summed E-state index contributed by atoms with van der Waals surface area (Å²) in [6.45, 7) is 5.76. The monoisotopic (exact) mass is 411 g/mol. The van der Waals surface area contributed by atoms with Crippen LogP contribution >= 0.6 is 11.6 Å². The summed E-state index contributed by atoms with van der Waals surface area (Å²) in [7, 11) is 2.12. The molecule has 4 nitrogen and oxygen atoms in total. The molecule has 1 amide bonds. The highest BCUT2D eigenvalue weighted by Gasteiger charge is 2.31. The Morgan fingerprint density at radius 1 is 1.03 bits per heavy atom. The van der Waals surface area contributed by atoms with Crippen LogP contribution in [0.4, 0.5) is 0 Å². The van der Waals surface area contributed by atoms with Crippen molar-refractivity contribution in [3.05, 3.63) is 52.7 Å². The van der Waals surface area contributed by atoms with E-state index in [4.69, 9.17) is 11.6 Å². The van der Waals surface area contributed by atoms with Gasteiger partial charge in [0.15, 0.2) is 0 Å². The molecule has 2 fully saturated rings. The molecule has 0 radical (unpaired) electrons. The molecule has 1 aliphatic carbocycles. The van der Waals surface area contributed by atoms with Crippen LogP contribution in [0.15, 0.2) is 36.5 Å². The fourth-order valence-electron chi connectivity index (χ4n) is 4.58. The lowest BCUT2D eigenvalue weighted by Gasteiger charge is -2.36. The molecule has 1 aromatic heterocycles. The van der Waals surface area contributed by atoms with Crippen LogP contribution in [-0.4, -0.2) is 53.9 Å². The van der Waals surface area contributed by atoms with Gasteiger partial charge in [-0.25, -0.2) is 0 Å². The second-order valence-electron chi connectivity index (χ2n) is 8.64. The molecule has 2 heterocycles. The molecular formula is C24H30ClN3O. The first-order valence-corrected chi connectivity index (χ1v) is 11.1. The molecule has 2 aromatic rings. The van der Waals surface area contributed by atoms with Gasteiger partial charge in [0.05, 0.1) is 5.69 Å². The van der Waals surface area contributed by atoms with Crippen molar-refractivity contribution in [2.75, 3.05) is 33.2 Å². The average Bonchev–Trinajstić information content (AvgIpc) is 2.75. The number of hydrogen-bond donors (Lipinski definition) is 0. The summed E-state index contributed by atoms with van der Waals surface area (Å²) in [5.41, 5.74) is 4.38. The summed E-state index contributed by atoms with van der Waals surface area (Å²) < 4.78 is 0. The fourth-order valence-corrected chi connectivity index (χ4v) is 4.79. The van der Waals surface area contributed by atoms with E-state index in [1.807, 2.05) is 25.3 Å². The van der Waals surface area contributed by atoms with Gasteiger partial charge < -0.3 is 9.80 Å². The molecule has 0 spiro atoms. The van der Waals surface area contributed by atoms with Gasteiger partial charge in [-0.2, -0.15) is 0 Å². The maximum absolute atomic E-state index is 12.9. The zero-order valence-corrected chi connectivity index (χ0v) is 18.2. The molecule has 0 N–H and O–H groups in total. The number of carbonyl (C=O) groups excluding carboxylic acids is 1. The van der Waals surface area contributed by atoms with Crippen LogP contribution in [0.5, 0.6) is 0 Å². The number of amides is 1. The number of benzene rings is 1. The van der Waals surface area contributed by atoms with Crippen molar-refractivity contribution in [2.24, 2.45) is 5.92 Å². The summed E-state index contributed by atoms with van der Waals surface area (Å²) in [5.74, 6) is 1.06. The predicted molar refractivity (Wildman–Crippen MR) is 118 cm³/mol. The summed E-state index contributed by atoms with van der Waals surface area (Å²) in [6.07, 6.45) is 5.97. The lowest BCUT2D eigenvalue weighted by atomic mass is 9.78. The van der Waals surface area contributed by atoms with E-state index in [9.17, 15) is 4.79 Å². The van der Waals surface area contributed by atoms with Gasteiger partial charge in [0.25, 0.3) is 0 Å². The average molecular weight is 412 g/mol. The SMILES string of the molecule is Cc1ccc(-c2cc(C3CCC(C(=O)N4CCN(C)CC4)CC3)ccc2Cl)nc1.